The molecule has 0 spiro atoms. The van der Waals surface area contributed by atoms with Gasteiger partial charge in [-0.15, -0.1) is 0 Å². The zero-order valence-electron chi connectivity index (χ0n) is 23.3. The van der Waals surface area contributed by atoms with Crippen molar-refractivity contribution in [2.45, 2.75) is 51.6 Å². The third-order valence-electron chi connectivity index (χ3n) is 7.44. The first-order valence-corrected chi connectivity index (χ1v) is 13.6. The predicted octanol–water partition coefficient (Wildman–Crippen LogP) is 5.41. The molecule has 0 aliphatic carbocycles. The number of carbonyl (C=O) groups excluding carboxylic acids is 1. The SMILES string of the molecule is CCCCc1nc(=O)c(C(=O)N2CCC(Cc3ccc(C(F)(F)F)cc3)CC2)c(O)n1-c1c(OC)cccc1OC. The van der Waals surface area contributed by atoms with Crippen LogP contribution in [0.5, 0.6) is 17.4 Å². The van der Waals surface area contributed by atoms with Gasteiger partial charge in [0.05, 0.1) is 19.8 Å². The molecule has 11 heteroatoms. The first kappa shape index (κ1) is 30.0. The van der Waals surface area contributed by atoms with E-state index in [4.69, 9.17) is 9.47 Å². The lowest BCUT2D eigenvalue weighted by Gasteiger charge is -2.32. The average Bonchev–Trinajstić information content (AvgIpc) is 2.95. The molecule has 41 heavy (non-hydrogen) atoms. The number of rotatable bonds is 9. The van der Waals surface area contributed by atoms with Gasteiger partial charge in [0.1, 0.15) is 23.0 Å². The van der Waals surface area contributed by atoms with E-state index in [1.54, 1.807) is 18.2 Å². The number of para-hydroxylation sites is 1. The van der Waals surface area contributed by atoms with Crippen molar-refractivity contribution >= 4 is 5.91 Å². The quantitative estimate of drug-likeness (QED) is 0.368. The number of piperidine rings is 1. The van der Waals surface area contributed by atoms with Crippen LogP contribution in [0.25, 0.3) is 5.69 Å². The van der Waals surface area contributed by atoms with Crippen LogP contribution in [0.4, 0.5) is 13.2 Å². The van der Waals surface area contributed by atoms with Crippen LogP contribution in [0, 0.1) is 5.92 Å². The number of aromatic nitrogens is 2. The predicted molar refractivity (Wildman–Crippen MR) is 147 cm³/mol. The maximum absolute atomic E-state index is 13.6. The van der Waals surface area contributed by atoms with Gasteiger partial charge in [0, 0.05) is 19.5 Å². The number of hydrogen-bond acceptors (Lipinski definition) is 6. The number of carbonyl (C=O) groups is 1. The molecule has 0 saturated carbocycles. The van der Waals surface area contributed by atoms with E-state index in [9.17, 15) is 27.9 Å². The number of alkyl halides is 3. The smallest absolute Gasteiger partial charge is 0.416 e. The lowest BCUT2D eigenvalue weighted by atomic mass is 9.89. The summed E-state index contributed by atoms with van der Waals surface area (Å²) in [5, 5.41) is 11.5. The summed E-state index contributed by atoms with van der Waals surface area (Å²) in [5.41, 5.74) is -0.805. The molecule has 0 atom stereocenters. The van der Waals surface area contributed by atoms with Crippen LogP contribution in [0.2, 0.25) is 0 Å². The fourth-order valence-corrected chi connectivity index (χ4v) is 5.19. The van der Waals surface area contributed by atoms with Crippen LogP contribution in [-0.2, 0) is 19.0 Å². The Bertz CT molecular complexity index is 1410. The lowest BCUT2D eigenvalue weighted by Crippen LogP contribution is -2.41. The van der Waals surface area contributed by atoms with Crippen molar-refractivity contribution in [2.24, 2.45) is 5.92 Å². The monoisotopic (exact) mass is 573 g/mol. The Morgan fingerprint density at radius 3 is 2.20 bits per heavy atom. The molecule has 2 heterocycles. The van der Waals surface area contributed by atoms with Gasteiger partial charge in [0.2, 0.25) is 5.88 Å². The van der Waals surface area contributed by atoms with E-state index in [1.807, 2.05) is 6.92 Å². The van der Waals surface area contributed by atoms with Gasteiger partial charge >= 0.3 is 6.18 Å². The van der Waals surface area contributed by atoms with Crippen LogP contribution in [0.3, 0.4) is 0 Å². The van der Waals surface area contributed by atoms with Gasteiger partial charge in [-0.05, 0) is 61.4 Å². The number of ether oxygens (including phenoxy) is 2. The Balaban J connectivity index is 1.59. The number of halogens is 3. The number of nitrogens with zero attached hydrogens (tertiary/aromatic N) is 3. The molecule has 0 bridgehead atoms. The Labute approximate surface area is 236 Å². The van der Waals surface area contributed by atoms with E-state index < -0.39 is 34.6 Å². The van der Waals surface area contributed by atoms with Gasteiger partial charge in [-0.3, -0.25) is 14.2 Å². The molecule has 1 aliphatic rings. The van der Waals surface area contributed by atoms with Crippen molar-refractivity contribution in [1.82, 2.24) is 14.5 Å². The topological polar surface area (TPSA) is 93.9 Å². The van der Waals surface area contributed by atoms with E-state index in [0.29, 0.717) is 62.4 Å². The highest BCUT2D eigenvalue weighted by molar-refractivity contribution is 5.96. The van der Waals surface area contributed by atoms with E-state index in [0.717, 1.165) is 24.1 Å². The van der Waals surface area contributed by atoms with E-state index in [1.165, 1.54) is 35.8 Å². The van der Waals surface area contributed by atoms with Crippen LogP contribution in [0.1, 0.15) is 59.9 Å². The highest BCUT2D eigenvalue weighted by Crippen LogP contribution is 2.37. The summed E-state index contributed by atoms with van der Waals surface area (Å²) in [6, 6.07) is 10.2. The molecule has 1 saturated heterocycles. The zero-order valence-corrected chi connectivity index (χ0v) is 23.3. The summed E-state index contributed by atoms with van der Waals surface area (Å²) in [7, 11) is 2.94. The van der Waals surface area contributed by atoms with E-state index in [-0.39, 0.29) is 11.7 Å². The molecule has 1 N–H and O–H groups in total. The van der Waals surface area contributed by atoms with Crippen molar-refractivity contribution in [1.29, 1.82) is 0 Å². The minimum atomic E-state index is -4.38. The molecule has 0 unspecified atom stereocenters. The number of aromatic hydroxyl groups is 1. The fourth-order valence-electron chi connectivity index (χ4n) is 5.19. The molecule has 0 radical (unpaired) electrons. The molecule has 4 rings (SSSR count). The standard InChI is InChI=1S/C30H34F3N3O5/c1-4-5-9-24-34-27(37)25(29(39)36(24)26-22(40-2)7-6-8-23(26)41-3)28(38)35-16-14-20(15-17-35)18-19-10-12-21(13-11-19)30(31,32)33/h6-8,10-13,20,39H,4-5,9,14-18H2,1-3H3. The molecular formula is C30H34F3N3O5. The van der Waals surface area contributed by atoms with Gasteiger partial charge in [0.15, 0.2) is 5.56 Å². The first-order chi connectivity index (χ1) is 19.6. The summed E-state index contributed by atoms with van der Waals surface area (Å²) in [5.74, 6) is 0.0152. The minimum Gasteiger partial charge on any atom is -0.494 e. The summed E-state index contributed by atoms with van der Waals surface area (Å²) in [4.78, 5) is 32.5. The third-order valence-corrected chi connectivity index (χ3v) is 7.44. The van der Waals surface area contributed by atoms with Gasteiger partial charge in [-0.2, -0.15) is 18.2 Å². The largest absolute Gasteiger partial charge is 0.494 e. The number of amides is 1. The highest BCUT2D eigenvalue weighted by atomic mass is 19.4. The maximum Gasteiger partial charge on any atom is 0.416 e. The summed E-state index contributed by atoms with van der Waals surface area (Å²) < 4.78 is 51.0. The zero-order chi connectivity index (χ0) is 29.7. The number of likely N-dealkylation sites (tertiary alicyclic amines) is 1. The van der Waals surface area contributed by atoms with Crippen LogP contribution in [0.15, 0.2) is 47.3 Å². The molecule has 3 aromatic rings. The molecular weight excluding hydrogens is 539 g/mol. The molecule has 1 aromatic heterocycles. The minimum absolute atomic E-state index is 0.161. The molecule has 2 aromatic carbocycles. The molecule has 1 amide bonds. The van der Waals surface area contributed by atoms with Crippen LogP contribution in [-0.4, -0.2) is 52.8 Å². The summed E-state index contributed by atoms with van der Waals surface area (Å²) >= 11 is 0. The van der Waals surface area contributed by atoms with Gasteiger partial charge < -0.3 is 19.5 Å². The fraction of sp³-hybridized carbons (Fsp3) is 0.433. The number of benzene rings is 2. The van der Waals surface area contributed by atoms with Crippen molar-refractivity contribution in [2.75, 3.05) is 27.3 Å². The molecule has 220 valence electrons. The molecule has 1 aliphatic heterocycles. The third kappa shape index (κ3) is 6.49. The molecule has 1 fully saturated rings. The number of methoxy groups -OCH3 is 2. The number of aryl methyl sites for hydroxylation is 1. The lowest BCUT2D eigenvalue weighted by molar-refractivity contribution is -0.137. The highest BCUT2D eigenvalue weighted by Gasteiger charge is 2.32. The first-order valence-electron chi connectivity index (χ1n) is 13.6. The number of unbranched alkanes of at least 4 members (excludes halogenated alkanes) is 1. The van der Waals surface area contributed by atoms with Crippen molar-refractivity contribution < 1.29 is 32.5 Å². The average molecular weight is 574 g/mol. The Kier molecular flexibility index (Phi) is 9.25. The summed E-state index contributed by atoms with van der Waals surface area (Å²) in [6.07, 6.45) is -0.697. The van der Waals surface area contributed by atoms with Gasteiger partial charge in [-0.1, -0.05) is 31.5 Å². The summed E-state index contributed by atoms with van der Waals surface area (Å²) in [6.45, 7) is 2.65. The molecule has 8 nitrogen and oxygen atoms in total. The maximum atomic E-state index is 13.6. The second-order valence-electron chi connectivity index (χ2n) is 10.1. The number of hydrogen-bond donors (Lipinski definition) is 1. The Morgan fingerprint density at radius 2 is 1.66 bits per heavy atom. The Hall–Kier alpha value is -4.02. The van der Waals surface area contributed by atoms with Crippen molar-refractivity contribution in [3.63, 3.8) is 0 Å². The van der Waals surface area contributed by atoms with Gasteiger partial charge in [-0.25, -0.2) is 0 Å². The normalized spacial score (nSPS) is 14.2. The Morgan fingerprint density at radius 1 is 1.05 bits per heavy atom. The van der Waals surface area contributed by atoms with Crippen LogP contribution < -0.4 is 15.0 Å². The second kappa shape index (κ2) is 12.7. The van der Waals surface area contributed by atoms with Gasteiger partial charge in [0.25, 0.3) is 11.5 Å². The van der Waals surface area contributed by atoms with Crippen LogP contribution >= 0.6 is 0 Å². The van der Waals surface area contributed by atoms with Crippen molar-refractivity contribution in [3.8, 4) is 23.1 Å². The van der Waals surface area contributed by atoms with E-state index in [2.05, 4.69) is 4.98 Å². The second-order valence-corrected chi connectivity index (χ2v) is 10.1. The van der Waals surface area contributed by atoms with Crippen molar-refractivity contribution in [3.05, 3.63) is 75.3 Å². The van der Waals surface area contributed by atoms with E-state index >= 15 is 0 Å².